The highest BCUT2D eigenvalue weighted by molar-refractivity contribution is 7.91. The quantitative estimate of drug-likeness (QED) is 0.817. The third kappa shape index (κ3) is 3.97. The molecule has 1 aromatic heterocycles. The normalized spacial score (nSPS) is 25.8. The van der Waals surface area contributed by atoms with E-state index in [0.717, 1.165) is 18.8 Å². The molecule has 138 valence electrons. The standard InChI is InChI=1S/C18H27N3O3S/c1-3-15-6-4-5-10-21(15)17-8-7-14(12-19-17)18(22)20(2)16-9-11-25(23,24)13-16/h7-8,12,15-16H,3-6,9-11,13H2,1-2H3. The van der Waals surface area contributed by atoms with E-state index in [-0.39, 0.29) is 23.5 Å². The molecule has 0 aromatic carbocycles. The number of carbonyl (C=O) groups is 1. The predicted octanol–water partition coefficient (Wildman–Crippen LogP) is 2.11. The Hall–Kier alpha value is -1.63. The number of carbonyl (C=O) groups excluding carboxylic acids is 1. The topological polar surface area (TPSA) is 70.6 Å². The molecule has 1 aromatic rings. The van der Waals surface area contributed by atoms with Crippen molar-refractivity contribution >= 4 is 21.6 Å². The first kappa shape index (κ1) is 18.2. The third-order valence-corrected chi connectivity index (χ3v) is 7.21. The van der Waals surface area contributed by atoms with Gasteiger partial charge in [-0.25, -0.2) is 13.4 Å². The number of rotatable bonds is 4. The van der Waals surface area contributed by atoms with Crippen molar-refractivity contribution in [1.29, 1.82) is 0 Å². The highest BCUT2D eigenvalue weighted by Gasteiger charge is 2.33. The maximum Gasteiger partial charge on any atom is 0.255 e. The van der Waals surface area contributed by atoms with Crippen LogP contribution in [-0.4, -0.2) is 61.4 Å². The maximum atomic E-state index is 12.6. The number of nitrogens with zero attached hydrogens (tertiary/aromatic N) is 3. The Balaban J connectivity index is 1.70. The Morgan fingerprint density at radius 2 is 2.12 bits per heavy atom. The summed E-state index contributed by atoms with van der Waals surface area (Å²) in [5.41, 5.74) is 0.514. The van der Waals surface area contributed by atoms with Gasteiger partial charge in [-0.3, -0.25) is 4.79 Å². The van der Waals surface area contributed by atoms with Crippen molar-refractivity contribution in [3.05, 3.63) is 23.9 Å². The minimum atomic E-state index is -3.00. The molecule has 7 heteroatoms. The molecular formula is C18H27N3O3S. The van der Waals surface area contributed by atoms with Crippen LogP contribution in [0.15, 0.2) is 18.3 Å². The smallest absolute Gasteiger partial charge is 0.255 e. The molecule has 0 saturated carbocycles. The van der Waals surface area contributed by atoms with E-state index in [0.29, 0.717) is 18.0 Å². The van der Waals surface area contributed by atoms with Crippen LogP contribution in [0, 0.1) is 0 Å². The average Bonchev–Trinajstić information content (AvgIpc) is 3.00. The molecule has 2 fully saturated rings. The van der Waals surface area contributed by atoms with Gasteiger partial charge in [-0.2, -0.15) is 0 Å². The minimum absolute atomic E-state index is 0.0622. The summed E-state index contributed by atoms with van der Waals surface area (Å²) in [6.45, 7) is 3.21. The zero-order valence-corrected chi connectivity index (χ0v) is 15.8. The van der Waals surface area contributed by atoms with E-state index in [1.807, 2.05) is 12.1 Å². The summed E-state index contributed by atoms with van der Waals surface area (Å²) in [5, 5.41) is 0. The number of pyridine rings is 1. The van der Waals surface area contributed by atoms with Crippen LogP contribution < -0.4 is 4.90 Å². The van der Waals surface area contributed by atoms with E-state index in [9.17, 15) is 13.2 Å². The molecule has 25 heavy (non-hydrogen) atoms. The summed E-state index contributed by atoms with van der Waals surface area (Å²) in [4.78, 5) is 21.0. The molecule has 0 N–H and O–H groups in total. The van der Waals surface area contributed by atoms with Gasteiger partial charge in [-0.1, -0.05) is 6.92 Å². The minimum Gasteiger partial charge on any atom is -0.354 e. The van der Waals surface area contributed by atoms with Crippen molar-refractivity contribution in [2.24, 2.45) is 0 Å². The fourth-order valence-electron chi connectivity index (χ4n) is 3.86. The van der Waals surface area contributed by atoms with Crippen LogP contribution in [0.5, 0.6) is 0 Å². The Kier molecular flexibility index (Phi) is 5.32. The van der Waals surface area contributed by atoms with Crippen LogP contribution in [-0.2, 0) is 9.84 Å². The highest BCUT2D eigenvalue weighted by atomic mass is 32.2. The lowest BCUT2D eigenvalue weighted by Crippen LogP contribution is -2.40. The van der Waals surface area contributed by atoms with Gasteiger partial charge >= 0.3 is 0 Å². The first-order valence-electron chi connectivity index (χ1n) is 9.11. The molecule has 2 aliphatic rings. The second kappa shape index (κ2) is 7.32. The lowest BCUT2D eigenvalue weighted by Gasteiger charge is -2.36. The second-order valence-corrected chi connectivity index (χ2v) is 9.36. The SMILES string of the molecule is CCC1CCCCN1c1ccc(C(=O)N(C)C2CCS(=O)(=O)C2)cn1. The van der Waals surface area contributed by atoms with E-state index in [1.54, 1.807) is 18.1 Å². The third-order valence-electron chi connectivity index (χ3n) is 5.46. The van der Waals surface area contributed by atoms with Gasteiger partial charge in [0.15, 0.2) is 9.84 Å². The Morgan fingerprint density at radius 3 is 2.72 bits per heavy atom. The largest absolute Gasteiger partial charge is 0.354 e. The molecule has 0 spiro atoms. The summed E-state index contributed by atoms with van der Waals surface area (Å²) >= 11 is 0. The molecule has 1 amide bonds. The first-order chi connectivity index (χ1) is 11.9. The number of sulfone groups is 1. The van der Waals surface area contributed by atoms with Crippen molar-refractivity contribution < 1.29 is 13.2 Å². The van der Waals surface area contributed by atoms with E-state index >= 15 is 0 Å². The second-order valence-electron chi connectivity index (χ2n) is 7.13. The zero-order chi connectivity index (χ0) is 18.0. The van der Waals surface area contributed by atoms with Crippen molar-refractivity contribution in [2.75, 3.05) is 30.0 Å². The van der Waals surface area contributed by atoms with Gasteiger partial charge in [0.25, 0.3) is 5.91 Å². The number of hydrogen-bond acceptors (Lipinski definition) is 5. The monoisotopic (exact) mass is 365 g/mol. The number of aromatic nitrogens is 1. The van der Waals surface area contributed by atoms with Crippen LogP contribution in [0.1, 0.15) is 49.4 Å². The first-order valence-corrected chi connectivity index (χ1v) is 10.9. The van der Waals surface area contributed by atoms with Crippen molar-refractivity contribution in [3.63, 3.8) is 0 Å². The molecule has 2 saturated heterocycles. The van der Waals surface area contributed by atoms with Crippen LogP contribution in [0.3, 0.4) is 0 Å². The van der Waals surface area contributed by atoms with E-state index in [1.165, 1.54) is 19.3 Å². The van der Waals surface area contributed by atoms with Crippen molar-refractivity contribution in [1.82, 2.24) is 9.88 Å². The van der Waals surface area contributed by atoms with Gasteiger partial charge in [0, 0.05) is 31.9 Å². The van der Waals surface area contributed by atoms with Crippen LogP contribution in [0.25, 0.3) is 0 Å². The maximum absolute atomic E-state index is 12.6. The van der Waals surface area contributed by atoms with Crippen LogP contribution in [0.4, 0.5) is 5.82 Å². The molecule has 3 rings (SSSR count). The molecule has 0 bridgehead atoms. The van der Waals surface area contributed by atoms with Gasteiger partial charge in [0.2, 0.25) is 0 Å². The van der Waals surface area contributed by atoms with E-state index in [2.05, 4.69) is 16.8 Å². The molecule has 2 atom stereocenters. The number of anilines is 1. The van der Waals surface area contributed by atoms with Gasteiger partial charge in [0.1, 0.15) is 5.82 Å². The van der Waals surface area contributed by atoms with Gasteiger partial charge in [0.05, 0.1) is 17.1 Å². The lowest BCUT2D eigenvalue weighted by molar-refractivity contribution is 0.0747. The Bertz CT molecular complexity index is 718. The molecule has 6 nitrogen and oxygen atoms in total. The average molecular weight is 365 g/mol. The number of piperidine rings is 1. The fraction of sp³-hybridized carbons (Fsp3) is 0.667. The predicted molar refractivity (Wildman–Crippen MR) is 98.7 cm³/mol. The summed E-state index contributed by atoms with van der Waals surface area (Å²) < 4.78 is 23.3. The molecular weight excluding hydrogens is 338 g/mol. The lowest BCUT2D eigenvalue weighted by atomic mass is 10.00. The molecule has 0 radical (unpaired) electrons. The van der Waals surface area contributed by atoms with Crippen molar-refractivity contribution in [2.45, 2.75) is 51.1 Å². The molecule has 0 aliphatic carbocycles. The van der Waals surface area contributed by atoms with Crippen LogP contribution in [0.2, 0.25) is 0 Å². The molecule has 2 aliphatic heterocycles. The van der Waals surface area contributed by atoms with E-state index in [4.69, 9.17) is 0 Å². The Labute approximate surface area is 150 Å². The highest BCUT2D eigenvalue weighted by Crippen LogP contribution is 2.25. The summed E-state index contributed by atoms with van der Waals surface area (Å²) in [6.07, 6.45) is 6.87. The molecule has 2 unspecified atom stereocenters. The van der Waals surface area contributed by atoms with E-state index < -0.39 is 9.84 Å². The van der Waals surface area contributed by atoms with Gasteiger partial charge in [-0.05, 0) is 44.2 Å². The van der Waals surface area contributed by atoms with Crippen LogP contribution >= 0.6 is 0 Å². The molecule has 3 heterocycles. The van der Waals surface area contributed by atoms with Gasteiger partial charge < -0.3 is 9.80 Å². The van der Waals surface area contributed by atoms with Gasteiger partial charge in [-0.15, -0.1) is 0 Å². The summed E-state index contributed by atoms with van der Waals surface area (Å²) in [6, 6.07) is 4.02. The zero-order valence-electron chi connectivity index (χ0n) is 15.0. The number of amides is 1. The fourth-order valence-corrected chi connectivity index (χ4v) is 5.63. The Morgan fingerprint density at radius 1 is 1.32 bits per heavy atom. The number of hydrogen-bond donors (Lipinski definition) is 0. The summed E-state index contributed by atoms with van der Waals surface area (Å²) in [7, 11) is -1.32. The summed E-state index contributed by atoms with van der Waals surface area (Å²) in [5.74, 6) is 0.994. The van der Waals surface area contributed by atoms with Crippen molar-refractivity contribution in [3.8, 4) is 0 Å².